The maximum atomic E-state index is 13.8. The molecule has 3 N–H and O–H groups in total. The van der Waals surface area contributed by atoms with Gasteiger partial charge in [0, 0.05) is 17.7 Å². The number of hydrazine groups is 1. The van der Waals surface area contributed by atoms with Crippen molar-refractivity contribution in [2.24, 2.45) is 5.84 Å². The lowest BCUT2D eigenvalue weighted by Gasteiger charge is -2.18. The summed E-state index contributed by atoms with van der Waals surface area (Å²) >= 11 is 0. The molecule has 0 saturated heterocycles. The second kappa shape index (κ2) is 5.60. The quantitative estimate of drug-likeness (QED) is 0.516. The van der Waals surface area contributed by atoms with E-state index >= 15 is 0 Å². The number of halogens is 4. The van der Waals surface area contributed by atoms with Crippen LogP contribution in [0.5, 0.6) is 0 Å². The molecule has 2 aromatic rings. The largest absolute Gasteiger partial charge is 0.271 e. The van der Waals surface area contributed by atoms with E-state index in [1.165, 1.54) is 13.0 Å². The first kappa shape index (κ1) is 14.5. The summed E-state index contributed by atoms with van der Waals surface area (Å²) in [6, 6.07) is 3.74. The standard InChI is InChI=1S/C14H12F4N2/c1-7-2-11(13(18)6-12(7)17)14(20-19)8-3-9(15)5-10(16)4-8/h2-6,14,20H,19H2,1H3. The Labute approximate surface area is 113 Å². The van der Waals surface area contributed by atoms with Gasteiger partial charge in [0.15, 0.2) is 0 Å². The molecule has 2 aromatic carbocycles. The molecule has 1 unspecified atom stereocenters. The fraction of sp³-hybridized carbons (Fsp3) is 0.143. The van der Waals surface area contributed by atoms with Crippen LogP contribution in [-0.2, 0) is 0 Å². The predicted octanol–water partition coefficient (Wildman–Crippen LogP) is 3.10. The highest BCUT2D eigenvalue weighted by atomic mass is 19.1. The van der Waals surface area contributed by atoms with E-state index in [0.717, 1.165) is 12.1 Å². The first-order valence-electron chi connectivity index (χ1n) is 5.80. The third-order valence-electron chi connectivity index (χ3n) is 2.97. The van der Waals surface area contributed by atoms with Gasteiger partial charge in [0.1, 0.15) is 23.3 Å². The molecule has 0 bridgehead atoms. The van der Waals surface area contributed by atoms with Crippen molar-refractivity contribution in [3.8, 4) is 0 Å². The lowest BCUT2D eigenvalue weighted by Crippen LogP contribution is -2.30. The Kier molecular flexibility index (Phi) is 4.06. The van der Waals surface area contributed by atoms with Gasteiger partial charge in [-0.05, 0) is 36.2 Å². The lowest BCUT2D eigenvalue weighted by atomic mass is 9.97. The van der Waals surface area contributed by atoms with Gasteiger partial charge in [-0.3, -0.25) is 5.84 Å². The molecule has 0 saturated carbocycles. The molecule has 0 spiro atoms. The van der Waals surface area contributed by atoms with Crippen LogP contribution in [0.25, 0.3) is 0 Å². The van der Waals surface area contributed by atoms with Gasteiger partial charge in [-0.25, -0.2) is 23.0 Å². The van der Waals surface area contributed by atoms with Crippen molar-refractivity contribution in [3.63, 3.8) is 0 Å². The molecule has 0 aromatic heterocycles. The van der Waals surface area contributed by atoms with Crippen LogP contribution >= 0.6 is 0 Å². The summed E-state index contributed by atoms with van der Waals surface area (Å²) in [5.41, 5.74) is 2.60. The highest BCUT2D eigenvalue weighted by Gasteiger charge is 2.19. The molecule has 0 aliphatic carbocycles. The zero-order valence-electron chi connectivity index (χ0n) is 10.6. The Hall–Kier alpha value is -1.92. The zero-order chi connectivity index (χ0) is 14.9. The molecular weight excluding hydrogens is 272 g/mol. The Morgan fingerprint density at radius 1 is 0.900 bits per heavy atom. The minimum Gasteiger partial charge on any atom is -0.271 e. The van der Waals surface area contributed by atoms with Gasteiger partial charge in [0.25, 0.3) is 0 Å². The molecular formula is C14H12F4N2. The summed E-state index contributed by atoms with van der Waals surface area (Å²) in [5, 5.41) is 0. The summed E-state index contributed by atoms with van der Waals surface area (Å²) in [7, 11) is 0. The fourth-order valence-electron chi connectivity index (χ4n) is 2.01. The highest BCUT2D eigenvalue weighted by Crippen LogP contribution is 2.27. The average Bonchev–Trinajstić information content (AvgIpc) is 2.35. The van der Waals surface area contributed by atoms with Gasteiger partial charge >= 0.3 is 0 Å². The Morgan fingerprint density at radius 2 is 1.50 bits per heavy atom. The number of aryl methyl sites for hydroxylation is 1. The van der Waals surface area contributed by atoms with E-state index in [-0.39, 0.29) is 16.7 Å². The first-order valence-corrected chi connectivity index (χ1v) is 5.80. The zero-order valence-corrected chi connectivity index (χ0v) is 10.6. The van der Waals surface area contributed by atoms with Gasteiger partial charge in [-0.15, -0.1) is 0 Å². The van der Waals surface area contributed by atoms with E-state index in [2.05, 4.69) is 5.43 Å². The molecule has 1 atom stereocenters. The minimum atomic E-state index is -0.987. The minimum absolute atomic E-state index is 0.0106. The van der Waals surface area contributed by atoms with E-state index in [0.29, 0.717) is 12.1 Å². The van der Waals surface area contributed by atoms with Crippen molar-refractivity contribution in [3.05, 3.63) is 70.3 Å². The molecule has 0 aliphatic heterocycles. The van der Waals surface area contributed by atoms with E-state index in [1.807, 2.05) is 0 Å². The molecule has 0 radical (unpaired) electrons. The van der Waals surface area contributed by atoms with Crippen LogP contribution in [0.2, 0.25) is 0 Å². The molecule has 2 rings (SSSR count). The first-order chi connectivity index (χ1) is 9.42. The maximum Gasteiger partial charge on any atom is 0.131 e. The third kappa shape index (κ3) is 2.81. The van der Waals surface area contributed by atoms with Gasteiger partial charge in [-0.2, -0.15) is 0 Å². The van der Waals surface area contributed by atoms with Crippen LogP contribution in [0, 0.1) is 30.2 Å². The lowest BCUT2D eigenvalue weighted by molar-refractivity contribution is 0.530. The second-order valence-corrected chi connectivity index (χ2v) is 4.43. The number of nitrogens with two attached hydrogens (primary N) is 1. The molecule has 106 valence electrons. The van der Waals surface area contributed by atoms with Gasteiger partial charge < -0.3 is 0 Å². The van der Waals surface area contributed by atoms with Crippen LogP contribution in [0.3, 0.4) is 0 Å². The topological polar surface area (TPSA) is 38.0 Å². The van der Waals surface area contributed by atoms with E-state index in [9.17, 15) is 17.6 Å². The number of nitrogens with one attached hydrogen (secondary N) is 1. The van der Waals surface area contributed by atoms with Crippen LogP contribution < -0.4 is 11.3 Å². The summed E-state index contributed by atoms with van der Waals surface area (Å²) in [4.78, 5) is 0. The molecule has 2 nitrogen and oxygen atoms in total. The molecule has 0 amide bonds. The highest BCUT2D eigenvalue weighted by molar-refractivity contribution is 5.36. The molecule has 0 fully saturated rings. The second-order valence-electron chi connectivity index (χ2n) is 4.43. The van der Waals surface area contributed by atoms with Gasteiger partial charge in [0.05, 0.1) is 6.04 Å². The van der Waals surface area contributed by atoms with Gasteiger partial charge in [-0.1, -0.05) is 0 Å². The summed E-state index contributed by atoms with van der Waals surface area (Å²) < 4.78 is 53.5. The maximum absolute atomic E-state index is 13.8. The molecule has 0 aliphatic rings. The SMILES string of the molecule is Cc1cc(C(NN)c2cc(F)cc(F)c2)c(F)cc1F. The van der Waals surface area contributed by atoms with Crippen molar-refractivity contribution < 1.29 is 17.6 Å². The summed E-state index contributed by atoms with van der Waals surface area (Å²) in [6.07, 6.45) is 0. The van der Waals surface area contributed by atoms with Crippen LogP contribution in [0.15, 0.2) is 30.3 Å². The average molecular weight is 284 g/mol. The normalized spacial score (nSPS) is 12.5. The van der Waals surface area contributed by atoms with E-state index < -0.39 is 29.3 Å². The van der Waals surface area contributed by atoms with Gasteiger partial charge in [0.2, 0.25) is 0 Å². The fourth-order valence-corrected chi connectivity index (χ4v) is 2.01. The van der Waals surface area contributed by atoms with Crippen molar-refractivity contribution in [2.75, 3.05) is 0 Å². The Balaban J connectivity index is 2.55. The van der Waals surface area contributed by atoms with Crippen LogP contribution in [-0.4, -0.2) is 0 Å². The summed E-state index contributed by atoms with van der Waals surface area (Å²) in [6.45, 7) is 1.46. The molecule has 20 heavy (non-hydrogen) atoms. The van der Waals surface area contributed by atoms with Crippen LogP contribution in [0.1, 0.15) is 22.7 Å². The van der Waals surface area contributed by atoms with E-state index in [1.54, 1.807) is 0 Å². The Bertz CT molecular complexity index is 623. The Morgan fingerprint density at radius 3 is 2.05 bits per heavy atom. The van der Waals surface area contributed by atoms with Crippen molar-refractivity contribution >= 4 is 0 Å². The van der Waals surface area contributed by atoms with Crippen LogP contribution in [0.4, 0.5) is 17.6 Å². The third-order valence-corrected chi connectivity index (χ3v) is 2.97. The monoisotopic (exact) mass is 284 g/mol. The number of hydrogen-bond acceptors (Lipinski definition) is 2. The predicted molar refractivity (Wildman–Crippen MR) is 66.6 cm³/mol. The number of hydrogen-bond donors (Lipinski definition) is 2. The van der Waals surface area contributed by atoms with Crippen molar-refractivity contribution in [1.82, 2.24) is 5.43 Å². The van der Waals surface area contributed by atoms with Crippen molar-refractivity contribution in [1.29, 1.82) is 0 Å². The smallest absolute Gasteiger partial charge is 0.131 e. The van der Waals surface area contributed by atoms with E-state index in [4.69, 9.17) is 5.84 Å². The number of benzene rings is 2. The van der Waals surface area contributed by atoms with Crippen molar-refractivity contribution in [2.45, 2.75) is 13.0 Å². The number of rotatable bonds is 3. The summed E-state index contributed by atoms with van der Waals surface area (Å²) in [5.74, 6) is 2.18. The molecule has 0 heterocycles. The molecule has 6 heteroatoms.